The highest BCUT2D eigenvalue weighted by Crippen LogP contribution is 2.23. The van der Waals surface area contributed by atoms with Crippen LogP contribution < -0.4 is 5.32 Å². The Morgan fingerprint density at radius 2 is 2.11 bits per heavy atom. The molecule has 1 saturated heterocycles. The second-order valence-electron chi connectivity index (χ2n) is 6.52. The monoisotopic (exact) mass is 270 g/mol. The molecule has 0 radical (unpaired) electrons. The van der Waals surface area contributed by atoms with Gasteiger partial charge in [-0.2, -0.15) is 0 Å². The van der Waals surface area contributed by atoms with Crippen LogP contribution in [0.1, 0.15) is 60.3 Å². The van der Waals surface area contributed by atoms with Gasteiger partial charge >= 0.3 is 6.09 Å². The molecule has 0 aliphatic carbocycles. The molecular formula is C15H30N2O2. The maximum absolute atomic E-state index is 12.2. The predicted molar refractivity (Wildman–Crippen MR) is 78.3 cm³/mol. The molecule has 19 heavy (non-hydrogen) atoms. The second-order valence-corrected chi connectivity index (χ2v) is 6.52. The zero-order valence-electron chi connectivity index (χ0n) is 13.2. The van der Waals surface area contributed by atoms with Crippen LogP contribution in [0.25, 0.3) is 0 Å². The molecule has 112 valence electrons. The summed E-state index contributed by atoms with van der Waals surface area (Å²) in [5, 5.41) is 3.42. The van der Waals surface area contributed by atoms with Gasteiger partial charge in [0, 0.05) is 18.6 Å². The van der Waals surface area contributed by atoms with Crippen molar-refractivity contribution in [2.45, 2.75) is 78.0 Å². The number of hydrogen-bond donors (Lipinski definition) is 1. The van der Waals surface area contributed by atoms with Gasteiger partial charge in [0.1, 0.15) is 5.60 Å². The fourth-order valence-electron chi connectivity index (χ4n) is 2.65. The van der Waals surface area contributed by atoms with Crippen LogP contribution in [-0.4, -0.2) is 41.8 Å². The number of nitrogens with zero attached hydrogens (tertiary/aromatic N) is 1. The molecule has 0 bridgehead atoms. The molecule has 2 atom stereocenters. The van der Waals surface area contributed by atoms with Crippen molar-refractivity contribution in [1.82, 2.24) is 10.2 Å². The highest BCUT2D eigenvalue weighted by Gasteiger charge is 2.31. The first-order valence-corrected chi connectivity index (χ1v) is 7.56. The third-order valence-electron chi connectivity index (χ3n) is 3.43. The Kier molecular flexibility index (Phi) is 6.11. The van der Waals surface area contributed by atoms with Crippen LogP contribution in [0.5, 0.6) is 0 Å². The molecule has 1 rings (SSSR count). The van der Waals surface area contributed by atoms with Gasteiger partial charge < -0.3 is 15.0 Å². The molecule has 4 heteroatoms. The van der Waals surface area contributed by atoms with E-state index in [-0.39, 0.29) is 6.09 Å². The number of rotatable bonds is 4. The van der Waals surface area contributed by atoms with Crippen molar-refractivity contribution in [3.8, 4) is 0 Å². The third-order valence-corrected chi connectivity index (χ3v) is 3.43. The zero-order chi connectivity index (χ0) is 14.5. The Balaban J connectivity index is 2.59. The van der Waals surface area contributed by atoms with Gasteiger partial charge in [-0.1, -0.05) is 6.92 Å². The maximum atomic E-state index is 12.2. The second kappa shape index (κ2) is 7.13. The number of ether oxygens (including phenoxy) is 1. The summed E-state index contributed by atoms with van der Waals surface area (Å²) in [5.74, 6) is 0. The number of carbonyl (C=O) groups excluding carboxylic acids is 1. The van der Waals surface area contributed by atoms with Crippen LogP contribution >= 0.6 is 0 Å². The lowest BCUT2D eigenvalue weighted by Crippen LogP contribution is -2.48. The van der Waals surface area contributed by atoms with E-state index in [1.807, 2.05) is 25.7 Å². The van der Waals surface area contributed by atoms with Crippen molar-refractivity contribution in [3.05, 3.63) is 0 Å². The first kappa shape index (κ1) is 16.3. The number of nitrogens with one attached hydrogen (secondary N) is 1. The minimum Gasteiger partial charge on any atom is -0.444 e. The average Bonchev–Trinajstić information content (AvgIpc) is 2.27. The number of piperidine rings is 1. The molecule has 1 heterocycles. The van der Waals surface area contributed by atoms with Gasteiger partial charge in [0.05, 0.1) is 0 Å². The van der Waals surface area contributed by atoms with Gasteiger partial charge in [0.15, 0.2) is 0 Å². The van der Waals surface area contributed by atoms with Crippen LogP contribution in [0.15, 0.2) is 0 Å². The largest absolute Gasteiger partial charge is 0.444 e. The normalized spacial score (nSPS) is 22.2. The summed E-state index contributed by atoms with van der Waals surface area (Å²) < 4.78 is 5.52. The van der Waals surface area contributed by atoms with E-state index in [2.05, 4.69) is 19.2 Å². The van der Waals surface area contributed by atoms with Crippen molar-refractivity contribution in [1.29, 1.82) is 0 Å². The van der Waals surface area contributed by atoms with Crippen LogP contribution in [0.3, 0.4) is 0 Å². The van der Waals surface area contributed by atoms with Gasteiger partial charge in [0.2, 0.25) is 0 Å². The Morgan fingerprint density at radius 3 is 2.68 bits per heavy atom. The van der Waals surface area contributed by atoms with Gasteiger partial charge in [0.25, 0.3) is 0 Å². The summed E-state index contributed by atoms with van der Waals surface area (Å²) in [4.78, 5) is 14.2. The Hall–Kier alpha value is -0.770. The van der Waals surface area contributed by atoms with Crippen molar-refractivity contribution in [2.75, 3.05) is 13.1 Å². The molecule has 0 aromatic rings. The maximum Gasteiger partial charge on any atom is 0.410 e. The van der Waals surface area contributed by atoms with E-state index in [9.17, 15) is 4.79 Å². The minimum atomic E-state index is -0.410. The SMILES string of the molecule is CCNC(C)CC1CCCCN1C(=O)OC(C)(C)C. The molecule has 1 N–H and O–H groups in total. The summed E-state index contributed by atoms with van der Waals surface area (Å²) in [6.07, 6.45) is 4.25. The Bertz CT molecular complexity index is 286. The van der Waals surface area contributed by atoms with Crippen molar-refractivity contribution < 1.29 is 9.53 Å². The number of carbonyl (C=O) groups is 1. The molecule has 1 fully saturated rings. The van der Waals surface area contributed by atoms with E-state index >= 15 is 0 Å². The molecule has 0 aromatic heterocycles. The summed E-state index contributed by atoms with van der Waals surface area (Å²) in [7, 11) is 0. The van der Waals surface area contributed by atoms with Gasteiger partial charge in [-0.25, -0.2) is 4.79 Å². The summed E-state index contributed by atoms with van der Waals surface area (Å²) >= 11 is 0. The molecule has 0 saturated carbocycles. The summed E-state index contributed by atoms with van der Waals surface area (Å²) in [6.45, 7) is 11.9. The number of amides is 1. The van der Waals surface area contributed by atoms with Crippen LogP contribution in [0.2, 0.25) is 0 Å². The molecule has 0 aromatic carbocycles. The molecule has 4 nitrogen and oxygen atoms in total. The first-order valence-electron chi connectivity index (χ1n) is 7.56. The van der Waals surface area contributed by atoms with Crippen molar-refractivity contribution in [2.24, 2.45) is 0 Å². The molecule has 0 spiro atoms. The molecule has 1 amide bonds. The standard InChI is InChI=1S/C15H30N2O2/c1-6-16-12(2)11-13-9-7-8-10-17(13)14(18)19-15(3,4)5/h12-13,16H,6-11H2,1-5H3. The Morgan fingerprint density at radius 1 is 1.42 bits per heavy atom. The molecule has 1 aliphatic heterocycles. The van der Waals surface area contributed by atoms with Crippen molar-refractivity contribution in [3.63, 3.8) is 0 Å². The van der Waals surface area contributed by atoms with E-state index < -0.39 is 5.60 Å². The Labute approximate surface area is 117 Å². The molecular weight excluding hydrogens is 240 g/mol. The van der Waals surface area contributed by atoms with Crippen LogP contribution in [0, 0.1) is 0 Å². The number of hydrogen-bond acceptors (Lipinski definition) is 3. The number of likely N-dealkylation sites (tertiary alicyclic amines) is 1. The summed E-state index contributed by atoms with van der Waals surface area (Å²) in [5.41, 5.74) is -0.410. The highest BCUT2D eigenvalue weighted by atomic mass is 16.6. The topological polar surface area (TPSA) is 41.6 Å². The van der Waals surface area contributed by atoms with Crippen molar-refractivity contribution >= 4 is 6.09 Å². The average molecular weight is 270 g/mol. The fourth-order valence-corrected chi connectivity index (χ4v) is 2.65. The van der Waals surface area contributed by atoms with E-state index in [4.69, 9.17) is 4.74 Å². The minimum absolute atomic E-state index is 0.152. The third kappa shape index (κ3) is 5.81. The lowest BCUT2D eigenvalue weighted by molar-refractivity contribution is 0.00794. The molecule has 1 aliphatic rings. The van der Waals surface area contributed by atoms with Gasteiger partial charge in [-0.05, 0) is 59.9 Å². The van der Waals surface area contributed by atoms with Crippen LogP contribution in [0.4, 0.5) is 4.79 Å². The van der Waals surface area contributed by atoms with E-state index in [1.165, 1.54) is 6.42 Å². The van der Waals surface area contributed by atoms with E-state index in [0.717, 1.165) is 32.4 Å². The lowest BCUT2D eigenvalue weighted by Gasteiger charge is -2.38. The van der Waals surface area contributed by atoms with Crippen LogP contribution in [-0.2, 0) is 4.74 Å². The summed E-state index contributed by atoms with van der Waals surface area (Å²) in [6, 6.07) is 0.760. The van der Waals surface area contributed by atoms with E-state index in [0.29, 0.717) is 12.1 Å². The van der Waals surface area contributed by atoms with E-state index in [1.54, 1.807) is 0 Å². The quantitative estimate of drug-likeness (QED) is 0.853. The smallest absolute Gasteiger partial charge is 0.410 e. The first-order chi connectivity index (χ1) is 8.83. The van der Waals surface area contributed by atoms with Gasteiger partial charge in [-0.15, -0.1) is 0 Å². The van der Waals surface area contributed by atoms with Gasteiger partial charge in [-0.3, -0.25) is 0 Å². The highest BCUT2D eigenvalue weighted by molar-refractivity contribution is 5.68. The predicted octanol–water partition coefficient (Wildman–Crippen LogP) is 3.16. The zero-order valence-corrected chi connectivity index (χ0v) is 13.2. The molecule has 2 unspecified atom stereocenters. The fraction of sp³-hybridized carbons (Fsp3) is 0.933. The lowest BCUT2D eigenvalue weighted by atomic mass is 9.97.